The second-order valence-corrected chi connectivity index (χ2v) is 4.27. The monoisotopic (exact) mass is 277 g/mol. The van der Waals surface area contributed by atoms with Gasteiger partial charge in [-0.05, 0) is 42.9 Å². The molecule has 1 aliphatic rings. The molecule has 98 valence electrons. The van der Waals surface area contributed by atoms with Crippen LogP contribution in [0.1, 0.15) is 12.5 Å². The Morgan fingerprint density at radius 3 is 2.53 bits per heavy atom. The van der Waals surface area contributed by atoms with E-state index in [4.69, 9.17) is 12.2 Å². The Morgan fingerprint density at radius 1 is 1.42 bits per heavy atom. The number of carbonyl (C=O) groups excluding carboxylic acids is 1. The molecule has 0 radical (unpaired) electrons. The molecule has 2 rings (SSSR count). The van der Waals surface area contributed by atoms with Gasteiger partial charge in [0.2, 0.25) is 0 Å². The summed E-state index contributed by atoms with van der Waals surface area (Å²) in [6.45, 7) is 2.34. The molecule has 1 aromatic rings. The molecule has 0 spiro atoms. The maximum Gasteiger partial charge on any atom is 0.276 e. The average molecular weight is 277 g/mol. The smallest absolute Gasteiger partial charge is 0.276 e. The number of hydrogen-bond donors (Lipinski definition) is 1. The highest BCUT2D eigenvalue weighted by Gasteiger charge is 2.28. The first kappa shape index (κ1) is 13.2. The SMILES string of the molecule is CCN1C(=O)/C(=C\c2ccc([N+](=O)[O-])cc2)NC1=S. The molecule has 1 heterocycles. The summed E-state index contributed by atoms with van der Waals surface area (Å²) in [4.78, 5) is 23.4. The maximum atomic E-state index is 11.9. The molecule has 1 saturated heterocycles. The van der Waals surface area contributed by atoms with Crippen molar-refractivity contribution >= 4 is 35.0 Å². The lowest BCUT2D eigenvalue weighted by Crippen LogP contribution is -2.30. The van der Waals surface area contributed by atoms with Crippen molar-refractivity contribution in [1.29, 1.82) is 0 Å². The molecule has 0 unspecified atom stereocenters. The summed E-state index contributed by atoms with van der Waals surface area (Å²) < 4.78 is 0. The van der Waals surface area contributed by atoms with Crippen LogP contribution in [0.25, 0.3) is 6.08 Å². The molecule has 1 N–H and O–H groups in total. The van der Waals surface area contributed by atoms with Crippen LogP contribution in [0, 0.1) is 10.1 Å². The van der Waals surface area contributed by atoms with Gasteiger partial charge < -0.3 is 5.32 Å². The standard InChI is InChI=1S/C12H11N3O3S/c1-2-14-11(16)10(13-12(14)19)7-8-3-5-9(6-4-8)15(17)18/h3-7H,2H2,1H3,(H,13,19)/b10-7+. The summed E-state index contributed by atoms with van der Waals surface area (Å²) in [6.07, 6.45) is 1.62. The minimum absolute atomic E-state index is 0.0126. The predicted molar refractivity (Wildman–Crippen MR) is 74.2 cm³/mol. The fourth-order valence-electron chi connectivity index (χ4n) is 1.72. The van der Waals surface area contributed by atoms with Gasteiger partial charge in [0.1, 0.15) is 5.70 Å². The number of nitrogens with zero attached hydrogens (tertiary/aromatic N) is 2. The highest BCUT2D eigenvalue weighted by atomic mass is 32.1. The van der Waals surface area contributed by atoms with Crippen molar-refractivity contribution in [3.63, 3.8) is 0 Å². The molecule has 7 heteroatoms. The van der Waals surface area contributed by atoms with Gasteiger partial charge in [-0.15, -0.1) is 0 Å². The Balaban J connectivity index is 2.25. The van der Waals surface area contributed by atoms with E-state index < -0.39 is 4.92 Å². The van der Waals surface area contributed by atoms with Crippen LogP contribution in [0.2, 0.25) is 0 Å². The van der Waals surface area contributed by atoms with Gasteiger partial charge in [-0.25, -0.2) is 0 Å². The lowest BCUT2D eigenvalue weighted by atomic mass is 10.1. The van der Waals surface area contributed by atoms with Crippen LogP contribution in [-0.4, -0.2) is 27.4 Å². The lowest BCUT2D eigenvalue weighted by Gasteiger charge is -2.08. The number of nitro benzene ring substituents is 1. The Hall–Kier alpha value is -2.28. The predicted octanol–water partition coefficient (Wildman–Crippen LogP) is 1.67. The van der Waals surface area contributed by atoms with Crippen LogP contribution >= 0.6 is 12.2 Å². The van der Waals surface area contributed by atoms with E-state index in [-0.39, 0.29) is 11.6 Å². The van der Waals surface area contributed by atoms with Gasteiger partial charge in [0, 0.05) is 18.7 Å². The number of hydrogen-bond acceptors (Lipinski definition) is 4. The summed E-state index contributed by atoms with van der Waals surface area (Å²) in [5.41, 5.74) is 1.08. The van der Waals surface area contributed by atoms with Crippen LogP contribution < -0.4 is 5.32 Å². The number of rotatable bonds is 3. The third kappa shape index (κ3) is 2.60. The molecule has 0 saturated carbocycles. The van der Waals surface area contributed by atoms with E-state index in [0.29, 0.717) is 22.9 Å². The third-order valence-corrected chi connectivity index (χ3v) is 3.02. The minimum Gasteiger partial charge on any atom is -0.328 e. The van der Waals surface area contributed by atoms with Crippen LogP contribution in [0.4, 0.5) is 5.69 Å². The number of likely N-dealkylation sites (N-methyl/N-ethyl adjacent to an activating group) is 1. The molecule has 0 aliphatic carbocycles. The molecule has 1 aliphatic heterocycles. The highest BCUT2D eigenvalue weighted by molar-refractivity contribution is 7.80. The Bertz CT molecular complexity index is 580. The Morgan fingerprint density at radius 2 is 2.05 bits per heavy atom. The van der Waals surface area contributed by atoms with Crippen molar-refractivity contribution < 1.29 is 9.72 Å². The first-order valence-corrected chi connectivity index (χ1v) is 6.02. The fourth-order valence-corrected chi connectivity index (χ4v) is 2.04. The summed E-state index contributed by atoms with van der Waals surface area (Å²) in [6, 6.07) is 5.94. The van der Waals surface area contributed by atoms with Gasteiger partial charge in [-0.1, -0.05) is 0 Å². The van der Waals surface area contributed by atoms with Crippen molar-refractivity contribution in [2.45, 2.75) is 6.92 Å². The van der Waals surface area contributed by atoms with E-state index >= 15 is 0 Å². The fraction of sp³-hybridized carbons (Fsp3) is 0.167. The summed E-state index contributed by atoms with van der Waals surface area (Å²) in [5, 5.41) is 13.7. The molecule has 1 aromatic carbocycles. The number of thiocarbonyl (C=S) groups is 1. The van der Waals surface area contributed by atoms with Crippen LogP contribution in [0.5, 0.6) is 0 Å². The zero-order chi connectivity index (χ0) is 14.0. The number of nitro groups is 1. The zero-order valence-electron chi connectivity index (χ0n) is 10.1. The molecule has 6 nitrogen and oxygen atoms in total. The molecule has 0 aromatic heterocycles. The summed E-state index contributed by atoms with van der Waals surface area (Å²) >= 11 is 5.03. The van der Waals surface area contributed by atoms with Gasteiger partial charge in [0.15, 0.2) is 5.11 Å². The zero-order valence-corrected chi connectivity index (χ0v) is 10.9. The van der Waals surface area contributed by atoms with Crippen molar-refractivity contribution in [1.82, 2.24) is 10.2 Å². The van der Waals surface area contributed by atoms with E-state index in [0.717, 1.165) is 0 Å². The number of nitrogens with one attached hydrogen (secondary N) is 1. The number of non-ortho nitro benzene ring substituents is 1. The molecular formula is C12H11N3O3S. The van der Waals surface area contributed by atoms with Gasteiger partial charge >= 0.3 is 0 Å². The van der Waals surface area contributed by atoms with E-state index in [1.807, 2.05) is 6.92 Å². The van der Waals surface area contributed by atoms with Crippen molar-refractivity contribution in [3.8, 4) is 0 Å². The van der Waals surface area contributed by atoms with Crippen LogP contribution in [0.15, 0.2) is 30.0 Å². The summed E-state index contributed by atoms with van der Waals surface area (Å²) in [5.74, 6) is -0.189. The number of carbonyl (C=O) groups is 1. The minimum atomic E-state index is -0.468. The van der Waals surface area contributed by atoms with Crippen molar-refractivity contribution in [2.75, 3.05) is 6.54 Å². The van der Waals surface area contributed by atoms with E-state index in [1.54, 1.807) is 18.2 Å². The van der Waals surface area contributed by atoms with Crippen LogP contribution in [-0.2, 0) is 4.79 Å². The van der Waals surface area contributed by atoms with Gasteiger partial charge in [-0.3, -0.25) is 19.8 Å². The van der Waals surface area contributed by atoms with E-state index in [1.165, 1.54) is 17.0 Å². The molecule has 0 atom stereocenters. The van der Waals surface area contributed by atoms with Crippen molar-refractivity contribution in [3.05, 3.63) is 45.6 Å². The second kappa shape index (κ2) is 5.15. The second-order valence-electron chi connectivity index (χ2n) is 3.89. The number of amides is 1. The third-order valence-electron chi connectivity index (χ3n) is 2.69. The number of benzene rings is 1. The van der Waals surface area contributed by atoms with Crippen LogP contribution in [0.3, 0.4) is 0 Å². The van der Waals surface area contributed by atoms with Crippen molar-refractivity contribution in [2.24, 2.45) is 0 Å². The van der Waals surface area contributed by atoms with E-state index in [9.17, 15) is 14.9 Å². The van der Waals surface area contributed by atoms with Gasteiger partial charge in [-0.2, -0.15) is 0 Å². The van der Waals surface area contributed by atoms with Gasteiger partial charge in [0.25, 0.3) is 11.6 Å². The lowest BCUT2D eigenvalue weighted by molar-refractivity contribution is -0.384. The average Bonchev–Trinajstić information content (AvgIpc) is 2.64. The molecule has 19 heavy (non-hydrogen) atoms. The molecule has 1 fully saturated rings. The largest absolute Gasteiger partial charge is 0.328 e. The topological polar surface area (TPSA) is 75.5 Å². The Labute approximate surface area is 114 Å². The molecule has 1 amide bonds. The normalized spacial score (nSPS) is 16.9. The summed E-state index contributed by atoms with van der Waals surface area (Å²) in [7, 11) is 0. The quantitative estimate of drug-likeness (QED) is 0.394. The van der Waals surface area contributed by atoms with E-state index in [2.05, 4.69) is 5.32 Å². The highest BCUT2D eigenvalue weighted by Crippen LogP contribution is 2.17. The molecular weight excluding hydrogens is 266 g/mol. The Kier molecular flexibility index (Phi) is 3.57. The first-order chi connectivity index (χ1) is 9.02. The first-order valence-electron chi connectivity index (χ1n) is 5.62. The van der Waals surface area contributed by atoms with Gasteiger partial charge in [0.05, 0.1) is 4.92 Å². The maximum absolute atomic E-state index is 11.9. The molecule has 0 bridgehead atoms.